The number of amides is 1. The first kappa shape index (κ1) is 15.0. The van der Waals surface area contributed by atoms with E-state index in [4.69, 9.17) is 15.4 Å². The van der Waals surface area contributed by atoms with Crippen molar-refractivity contribution in [3.8, 4) is 0 Å². The Morgan fingerprint density at radius 1 is 1.61 bits per heavy atom. The maximum atomic E-state index is 11.6. The molecule has 0 aliphatic carbocycles. The molecule has 1 heterocycles. The van der Waals surface area contributed by atoms with Gasteiger partial charge >= 0.3 is 5.97 Å². The quantitative estimate of drug-likeness (QED) is 0.431. The Morgan fingerprint density at radius 3 is 2.67 bits per heavy atom. The van der Waals surface area contributed by atoms with Crippen LogP contribution in [0.4, 0.5) is 0 Å². The van der Waals surface area contributed by atoms with Crippen molar-refractivity contribution in [2.75, 3.05) is 13.2 Å². The normalized spacial score (nSPS) is 21.3. The molecule has 8 heteroatoms. The number of esters is 1. The minimum Gasteiger partial charge on any atom is -0.463 e. The van der Waals surface area contributed by atoms with E-state index in [1.807, 2.05) is 0 Å². The molecule has 0 N–H and O–H groups in total. The molecule has 1 aliphatic heterocycles. The molecule has 18 heavy (non-hydrogen) atoms. The van der Waals surface area contributed by atoms with E-state index < -0.39 is 20.3 Å². The zero-order chi connectivity index (χ0) is 13.9. The Morgan fingerprint density at radius 2 is 2.22 bits per heavy atom. The summed E-state index contributed by atoms with van der Waals surface area (Å²) in [5.74, 6) is -0.942. The molecule has 102 valence electrons. The first-order valence-electron chi connectivity index (χ1n) is 5.34. The van der Waals surface area contributed by atoms with Gasteiger partial charge in [0.1, 0.15) is 5.25 Å². The third kappa shape index (κ3) is 3.71. The van der Waals surface area contributed by atoms with Crippen LogP contribution in [-0.2, 0) is 23.4 Å². The van der Waals surface area contributed by atoms with Gasteiger partial charge in [0.2, 0.25) is 15.0 Å². The topological polar surface area (TPSA) is 80.8 Å². The molecule has 0 radical (unpaired) electrons. The minimum absolute atomic E-state index is 0.0353. The van der Waals surface area contributed by atoms with Crippen LogP contribution in [0, 0.1) is 0 Å². The van der Waals surface area contributed by atoms with Crippen molar-refractivity contribution in [3.05, 3.63) is 11.8 Å². The van der Waals surface area contributed by atoms with Crippen LogP contribution < -0.4 is 0 Å². The fraction of sp³-hybridized carbons (Fsp3) is 0.600. The van der Waals surface area contributed by atoms with Gasteiger partial charge in [-0.15, -0.1) is 0 Å². The lowest BCUT2D eigenvalue weighted by Gasteiger charge is -2.16. The maximum Gasteiger partial charge on any atom is 0.332 e. The summed E-state index contributed by atoms with van der Waals surface area (Å²) in [7, 11) is 1.44. The second kappa shape index (κ2) is 5.71. The zero-order valence-corrected chi connectivity index (χ0v) is 11.6. The number of hydrogen-bond acceptors (Lipinski definition) is 5. The van der Waals surface area contributed by atoms with Crippen LogP contribution in [0.2, 0.25) is 0 Å². The summed E-state index contributed by atoms with van der Waals surface area (Å²) < 4.78 is 27.0. The van der Waals surface area contributed by atoms with Crippen LogP contribution in [0.1, 0.15) is 20.3 Å². The minimum atomic E-state index is -3.77. The molecular weight excluding hydrogens is 282 g/mol. The summed E-state index contributed by atoms with van der Waals surface area (Å²) >= 11 is 0. The van der Waals surface area contributed by atoms with Gasteiger partial charge in [-0.2, -0.15) is 0 Å². The number of hydrogen-bond donors (Lipinski definition) is 0. The number of nitrogens with zero attached hydrogens (tertiary/aromatic N) is 1. The molecular formula is C10H14ClNO5S. The van der Waals surface area contributed by atoms with Crippen LogP contribution in [0.15, 0.2) is 11.8 Å². The van der Waals surface area contributed by atoms with Gasteiger partial charge in [-0.25, -0.2) is 13.2 Å². The third-order valence-electron chi connectivity index (χ3n) is 2.53. The Balaban J connectivity index is 2.80. The van der Waals surface area contributed by atoms with E-state index in [1.165, 1.54) is 11.8 Å². The molecule has 1 saturated heterocycles. The molecule has 1 fully saturated rings. The average Bonchev–Trinajstić information content (AvgIpc) is 2.60. The van der Waals surface area contributed by atoms with Gasteiger partial charge in [0.15, 0.2) is 0 Å². The van der Waals surface area contributed by atoms with E-state index in [-0.39, 0.29) is 25.5 Å². The van der Waals surface area contributed by atoms with E-state index >= 15 is 0 Å². The molecule has 1 atom stereocenters. The SMILES string of the molecule is CCOC(=O)C=C(C)N1CC(S(=O)(=O)Cl)CC1=O. The number of ether oxygens (including phenoxy) is 1. The van der Waals surface area contributed by atoms with Crippen molar-refractivity contribution in [2.45, 2.75) is 25.5 Å². The van der Waals surface area contributed by atoms with Crippen LogP contribution in [0.3, 0.4) is 0 Å². The molecule has 0 aromatic heterocycles. The van der Waals surface area contributed by atoms with Crippen molar-refractivity contribution in [2.24, 2.45) is 0 Å². The molecule has 0 aromatic rings. The lowest BCUT2D eigenvalue weighted by Crippen LogP contribution is -2.26. The smallest absolute Gasteiger partial charge is 0.332 e. The van der Waals surface area contributed by atoms with Crippen molar-refractivity contribution >= 4 is 31.6 Å². The van der Waals surface area contributed by atoms with E-state index in [9.17, 15) is 18.0 Å². The summed E-state index contributed by atoms with van der Waals surface area (Å²) in [5.41, 5.74) is 0.348. The molecule has 6 nitrogen and oxygen atoms in total. The number of likely N-dealkylation sites (tertiary alicyclic amines) is 1. The van der Waals surface area contributed by atoms with Crippen molar-refractivity contribution < 1.29 is 22.7 Å². The summed E-state index contributed by atoms with van der Waals surface area (Å²) in [6.07, 6.45) is 0.991. The average molecular weight is 296 g/mol. The highest BCUT2D eigenvalue weighted by Gasteiger charge is 2.38. The van der Waals surface area contributed by atoms with Gasteiger partial charge in [0.05, 0.1) is 6.61 Å². The van der Waals surface area contributed by atoms with E-state index in [0.29, 0.717) is 5.70 Å². The third-order valence-corrected chi connectivity index (χ3v) is 4.39. The number of carbonyl (C=O) groups excluding carboxylic acids is 2. The largest absolute Gasteiger partial charge is 0.463 e. The second-order valence-corrected chi connectivity index (χ2v) is 6.75. The Bertz CT molecular complexity index is 484. The molecule has 1 aliphatic rings. The summed E-state index contributed by atoms with van der Waals surface area (Å²) in [5, 5.41) is -0.933. The fourth-order valence-electron chi connectivity index (χ4n) is 1.64. The van der Waals surface area contributed by atoms with Gasteiger partial charge in [-0.1, -0.05) is 0 Å². The van der Waals surface area contributed by atoms with Gasteiger partial charge < -0.3 is 9.64 Å². The molecule has 1 rings (SSSR count). The molecule has 1 amide bonds. The Kier molecular flexibility index (Phi) is 4.75. The van der Waals surface area contributed by atoms with Crippen molar-refractivity contribution in [1.29, 1.82) is 0 Å². The maximum absolute atomic E-state index is 11.6. The molecule has 0 saturated carbocycles. The van der Waals surface area contributed by atoms with Gasteiger partial charge in [0, 0.05) is 35.4 Å². The highest BCUT2D eigenvalue weighted by molar-refractivity contribution is 8.14. The zero-order valence-electron chi connectivity index (χ0n) is 10.1. The molecule has 0 aromatic carbocycles. The number of halogens is 1. The van der Waals surface area contributed by atoms with E-state index in [0.717, 1.165) is 6.08 Å². The van der Waals surface area contributed by atoms with E-state index in [1.54, 1.807) is 6.92 Å². The Hall–Kier alpha value is -1.08. The van der Waals surface area contributed by atoms with Gasteiger partial charge in [-0.05, 0) is 13.8 Å². The molecule has 0 bridgehead atoms. The highest BCUT2D eigenvalue weighted by Crippen LogP contribution is 2.24. The van der Waals surface area contributed by atoms with Gasteiger partial charge in [0.25, 0.3) is 0 Å². The standard InChI is InChI=1S/C10H14ClNO5S/c1-3-17-10(14)4-7(2)12-6-8(5-9(12)13)18(11,15)16/h4,8H,3,5-6H2,1-2H3. The molecule has 0 spiro atoms. The molecule has 1 unspecified atom stereocenters. The summed E-state index contributed by atoms with van der Waals surface area (Å²) in [4.78, 5) is 24.1. The highest BCUT2D eigenvalue weighted by atomic mass is 35.7. The Labute approximate surface area is 110 Å². The summed E-state index contributed by atoms with van der Waals surface area (Å²) in [6.45, 7) is 3.40. The van der Waals surface area contributed by atoms with Crippen molar-refractivity contribution in [3.63, 3.8) is 0 Å². The fourth-order valence-corrected chi connectivity index (χ4v) is 2.66. The number of carbonyl (C=O) groups is 2. The number of rotatable bonds is 4. The predicted molar refractivity (Wildman–Crippen MR) is 65.3 cm³/mol. The lowest BCUT2D eigenvalue weighted by molar-refractivity contribution is -0.137. The number of allylic oxidation sites excluding steroid dienone is 1. The monoisotopic (exact) mass is 295 g/mol. The van der Waals surface area contributed by atoms with Crippen molar-refractivity contribution in [1.82, 2.24) is 4.90 Å². The van der Waals surface area contributed by atoms with Crippen LogP contribution in [0.5, 0.6) is 0 Å². The lowest BCUT2D eigenvalue weighted by atomic mass is 10.4. The first-order chi connectivity index (χ1) is 8.25. The van der Waals surface area contributed by atoms with Crippen LogP contribution in [0.25, 0.3) is 0 Å². The van der Waals surface area contributed by atoms with E-state index in [2.05, 4.69) is 0 Å². The van der Waals surface area contributed by atoms with Crippen LogP contribution in [-0.4, -0.2) is 43.6 Å². The van der Waals surface area contributed by atoms with Crippen LogP contribution >= 0.6 is 10.7 Å². The summed E-state index contributed by atoms with van der Waals surface area (Å²) in [6, 6.07) is 0. The predicted octanol–water partition coefficient (Wildman–Crippen LogP) is 0.623. The first-order valence-corrected chi connectivity index (χ1v) is 7.71. The second-order valence-electron chi connectivity index (χ2n) is 3.84. The van der Waals surface area contributed by atoms with Gasteiger partial charge in [-0.3, -0.25) is 4.79 Å².